The van der Waals surface area contributed by atoms with E-state index in [1.165, 1.54) is 14.0 Å². The lowest BCUT2D eigenvalue weighted by Crippen LogP contribution is -2.64. The number of ketones is 1. The topological polar surface area (TPSA) is 170 Å². The molecule has 0 saturated carbocycles. The Morgan fingerprint density at radius 2 is 0.800 bits per heavy atom. The number of hydrogen-bond donors (Lipinski definition) is 0. The highest BCUT2D eigenvalue weighted by Gasteiger charge is 2.54. The monoisotopic (exact) mass is 1020 g/mol. The van der Waals surface area contributed by atoms with Gasteiger partial charge in [0.25, 0.3) is 0 Å². The van der Waals surface area contributed by atoms with E-state index in [4.69, 9.17) is 52.1 Å². The van der Waals surface area contributed by atoms with Crippen molar-refractivity contribution in [2.75, 3.05) is 20.3 Å². The Balaban J connectivity index is 1.16. The molecule has 2 aliphatic heterocycles. The molecule has 392 valence electrons. The van der Waals surface area contributed by atoms with Gasteiger partial charge in [0.05, 0.1) is 50.6 Å². The summed E-state index contributed by atoms with van der Waals surface area (Å²) in [6, 6.07) is 55.0. The zero-order valence-corrected chi connectivity index (χ0v) is 41.9. The van der Waals surface area contributed by atoms with E-state index in [2.05, 4.69) is 0 Å². The van der Waals surface area contributed by atoms with E-state index in [0.29, 0.717) is 0 Å². The molecule has 2 aliphatic rings. The van der Waals surface area contributed by atoms with Crippen molar-refractivity contribution in [2.45, 2.75) is 108 Å². The van der Waals surface area contributed by atoms with Crippen LogP contribution in [0.1, 0.15) is 62.7 Å². The molecule has 10 atom stereocenters. The predicted molar refractivity (Wildman–Crippen MR) is 273 cm³/mol. The molecule has 0 radical (unpaired) electrons. The van der Waals surface area contributed by atoms with Crippen LogP contribution in [0, 0.1) is 0 Å². The Bertz CT molecular complexity index is 2660. The second kappa shape index (κ2) is 28.1. The molecule has 0 aliphatic carbocycles. The first-order chi connectivity index (χ1) is 36.7. The highest BCUT2D eigenvalue weighted by atomic mass is 16.8. The van der Waals surface area contributed by atoms with Crippen molar-refractivity contribution in [1.29, 1.82) is 0 Å². The summed E-state index contributed by atoms with van der Waals surface area (Å²) in [5.74, 6) is -2.42. The third-order valence-electron chi connectivity index (χ3n) is 12.6. The van der Waals surface area contributed by atoms with Crippen LogP contribution in [0.4, 0.5) is 0 Å². The van der Waals surface area contributed by atoms with E-state index >= 15 is 0 Å². The fourth-order valence-electron chi connectivity index (χ4n) is 8.70. The molecule has 2 heterocycles. The minimum absolute atomic E-state index is 0.0446. The maximum atomic E-state index is 14.2. The molecule has 6 aromatic carbocycles. The van der Waals surface area contributed by atoms with Crippen molar-refractivity contribution in [3.63, 3.8) is 0 Å². The SMILES string of the molecule is CO[C@H]1O[C@H](CO[C@@H]2O[C@H](COC(=O)c3ccccc3)[C@@H](OC(=O)CCC(C)=O)[C@H](OCc3ccccc3)[C@H]2OC(=O)c2ccccc2)[C@@H](OCc2ccccc2)[C@H](OCc2ccccc2)[C@H]1OCc1ccccc1. The standard InChI is InChI=1S/C60H62O15/c1-41(61)33-34-50(62)74-52-49(39-70-57(63)46-29-17-7-18-30-46)73-60(56(75-58(64)47-31-19-8-20-32-47)54(52)68-37-44-25-13-5-14-26-44)71-40-48-51(66-35-42-21-9-3-10-22-42)53(67-36-43-23-11-4-12-24-43)55(59(65-2)72-48)69-38-45-27-15-6-16-28-45/h3-32,48-49,51-56,59-60H,33-40H2,1-2H3/t48-,49-,51-,52-,53+,54+,55-,56-,59+,60-/m1/s1. The molecular formula is C60H62O15. The molecule has 15 nitrogen and oxygen atoms in total. The maximum absolute atomic E-state index is 14.2. The zero-order chi connectivity index (χ0) is 52.2. The van der Waals surface area contributed by atoms with E-state index < -0.39 is 85.9 Å². The zero-order valence-electron chi connectivity index (χ0n) is 41.9. The van der Waals surface area contributed by atoms with Crippen molar-refractivity contribution in [3.8, 4) is 0 Å². The van der Waals surface area contributed by atoms with Gasteiger partial charge in [-0.3, -0.25) is 4.79 Å². The molecule has 0 aromatic heterocycles. The van der Waals surface area contributed by atoms with Crippen LogP contribution < -0.4 is 0 Å². The van der Waals surface area contributed by atoms with Gasteiger partial charge in [0.1, 0.15) is 49.0 Å². The number of rotatable bonds is 25. The fourth-order valence-corrected chi connectivity index (χ4v) is 8.70. The number of esters is 3. The second-order valence-corrected chi connectivity index (χ2v) is 18.1. The minimum atomic E-state index is -1.50. The van der Waals surface area contributed by atoms with Crippen LogP contribution >= 0.6 is 0 Å². The van der Waals surface area contributed by atoms with Crippen LogP contribution in [-0.4, -0.2) is 105 Å². The predicted octanol–water partition coefficient (Wildman–Crippen LogP) is 8.80. The first-order valence-electron chi connectivity index (χ1n) is 25.0. The van der Waals surface area contributed by atoms with Gasteiger partial charge >= 0.3 is 17.9 Å². The van der Waals surface area contributed by atoms with Gasteiger partial charge in [-0.1, -0.05) is 158 Å². The largest absolute Gasteiger partial charge is 0.459 e. The number of methoxy groups -OCH3 is 1. The minimum Gasteiger partial charge on any atom is -0.459 e. The third kappa shape index (κ3) is 15.8. The summed E-state index contributed by atoms with van der Waals surface area (Å²) in [6.07, 6.45) is -11.8. The lowest BCUT2D eigenvalue weighted by molar-refractivity contribution is -0.343. The van der Waals surface area contributed by atoms with Crippen molar-refractivity contribution in [1.82, 2.24) is 0 Å². The van der Waals surface area contributed by atoms with Crippen molar-refractivity contribution >= 4 is 23.7 Å². The Morgan fingerprint density at radius 3 is 1.27 bits per heavy atom. The molecule has 15 heteroatoms. The van der Waals surface area contributed by atoms with Gasteiger partial charge in [-0.25, -0.2) is 9.59 Å². The molecule has 6 aromatic rings. The highest BCUT2D eigenvalue weighted by Crippen LogP contribution is 2.35. The van der Waals surface area contributed by atoms with Crippen molar-refractivity contribution < 1.29 is 71.3 Å². The number of carbonyl (C=O) groups excluding carboxylic acids is 4. The Morgan fingerprint density at radius 1 is 0.400 bits per heavy atom. The summed E-state index contributed by atoms with van der Waals surface area (Å²) in [6.45, 7) is 1.11. The Kier molecular flexibility index (Phi) is 20.4. The summed E-state index contributed by atoms with van der Waals surface area (Å²) < 4.78 is 71.7. The number of hydrogen-bond acceptors (Lipinski definition) is 15. The normalized spacial score (nSPS) is 23.4. The van der Waals surface area contributed by atoms with E-state index in [1.807, 2.05) is 121 Å². The van der Waals surface area contributed by atoms with E-state index in [0.717, 1.165) is 22.3 Å². The first-order valence-corrected chi connectivity index (χ1v) is 25.0. The van der Waals surface area contributed by atoms with Gasteiger partial charge in [-0.2, -0.15) is 0 Å². The van der Waals surface area contributed by atoms with E-state index in [9.17, 15) is 19.2 Å². The highest BCUT2D eigenvalue weighted by molar-refractivity contribution is 5.90. The number of carbonyl (C=O) groups is 4. The summed E-state index contributed by atoms with van der Waals surface area (Å²) in [5, 5.41) is 0. The van der Waals surface area contributed by atoms with Gasteiger partial charge in [0, 0.05) is 13.5 Å². The lowest BCUT2D eigenvalue weighted by atomic mass is 9.96. The molecule has 8 rings (SSSR count). The van der Waals surface area contributed by atoms with Gasteiger partial charge < -0.3 is 56.9 Å². The average Bonchev–Trinajstić information content (AvgIpc) is 3.45. The lowest BCUT2D eigenvalue weighted by Gasteiger charge is -2.47. The molecule has 75 heavy (non-hydrogen) atoms. The van der Waals surface area contributed by atoms with Crippen LogP contribution in [0.2, 0.25) is 0 Å². The van der Waals surface area contributed by atoms with Crippen LogP contribution in [0.5, 0.6) is 0 Å². The molecule has 0 amide bonds. The van der Waals surface area contributed by atoms with Gasteiger partial charge in [-0.15, -0.1) is 0 Å². The van der Waals surface area contributed by atoms with Gasteiger partial charge in [-0.05, 0) is 53.4 Å². The smallest absolute Gasteiger partial charge is 0.338 e. The molecule has 0 spiro atoms. The summed E-state index contributed by atoms with van der Waals surface area (Å²) in [5.41, 5.74) is 3.93. The van der Waals surface area contributed by atoms with Crippen LogP contribution in [-0.2, 0) is 88.1 Å². The van der Waals surface area contributed by atoms with E-state index in [1.54, 1.807) is 60.7 Å². The summed E-state index contributed by atoms with van der Waals surface area (Å²) in [4.78, 5) is 53.5. The maximum Gasteiger partial charge on any atom is 0.338 e. The molecule has 2 fully saturated rings. The Labute approximate surface area is 436 Å². The summed E-state index contributed by atoms with van der Waals surface area (Å²) in [7, 11) is 1.51. The average molecular weight is 1020 g/mol. The molecule has 0 bridgehead atoms. The van der Waals surface area contributed by atoms with Crippen molar-refractivity contribution in [3.05, 3.63) is 215 Å². The number of benzene rings is 6. The third-order valence-corrected chi connectivity index (χ3v) is 12.6. The van der Waals surface area contributed by atoms with Crippen LogP contribution in [0.25, 0.3) is 0 Å². The number of ether oxygens (including phenoxy) is 11. The molecular weight excluding hydrogens is 961 g/mol. The first kappa shape index (κ1) is 54.3. The number of Topliss-reactive ketones (excluding diaryl/α,β-unsaturated/α-hetero) is 1. The van der Waals surface area contributed by atoms with Crippen molar-refractivity contribution in [2.24, 2.45) is 0 Å². The van der Waals surface area contributed by atoms with Crippen LogP contribution in [0.3, 0.4) is 0 Å². The molecule has 0 unspecified atom stereocenters. The van der Waals surface area contributed by atoms with Crippen LogP contribution in [0.15, 0.2) is 182 Å². The van der Waals surface area contributed by atoms with Gasteiger partial charge in [0.2, 0.25) is 0 Å². The molecule has 2 saturated heterocycles. The second-order valence-electron chi connectivity index (χ2n) is 18.1. The Hall–Kier alpha value is -6.92. The quantitative estimate of drug-likeness (QED) is 0.0394. The van der Waals surface area contributed by atoms with Gasteiger partial charge in [0.15, 0.2) is 24.8 Å². The summed E-state index contributed by atoms with van der Waals surface area (Å²) >= 11 is 0. The van der Waals surface area contributed by atoms with E-state index in [-0.39, 0.29) is 62.8 Å². The fraction of sp³-hybridized carbons (Fsp3) is 0.333. The molecule has 0 N–H and O–H groups in total.